The Hall–Kier alpha value is -1.63. The van der Waals surface area contributed by atoms with E-state index in [1.54, 1.807) is 0 Å². The van der Waals surface area contributed by atoms with Crippen LogP contribution in [0.5, 0.6) is 0 Å². The van der Waals surface area contributed by atoms with Crippen LogP contribution < -0.4 is 17.2 Å². The molecule has 0 radical (unpaired) electrons. The molecule has 0 aromatic carbocycles. The predicted molar refractivity (Wildman–Crippen MR) is 203 cm³/mol. The number of Topliss-reactive ketones (excluding diaryl/α,β-unsaturated/α-hetero) is 1. The van der Waals surface area contributed by atoms with Gasteiger partial charge in [-0.2, -0.15) is 0 Å². The average Bonchev–Trinajstić information content (AvgIpc) is 3.06. The molecule has 0 amide bonds. The number of ketones is 1. The second kappa shape index (κ2) is 34.2. The van der Waals surface area contributed by atoms with Crippen molar-refractivity contribution < 1.29 is 14.3 Å². The second-order valence-electron chi connectivity index (χ2n) is 14.2. The van der Waals surface area contributed by atoms with Crippen molar-refractivity contribution in [1.29, 1.82) is 0 Å². The molecule has 0 saturated carbocycles. The van der Waals surface area contributed by atoms with Gasteiger partial charge in [0.1, 0.15) is 0 Å². The first-order chi connectivity index (χ1) is 22.9. The molecule has 0 unspecified atom stereocenters. The van der Waals surface area contributed by atoms with Crippen molar-refractivity contribution in [2.24, 2.45) is 22.2 Å². The molecule has 278 valence electrons. The zero-order chi connectivity index (χ0) is 34.7. The highest BCUT2D eigenvalue weighted by molar-refractivity contribution is 6.08. The number of ether oxygens (including phenoxy) is 1. The van der Waals surface area contributed by atoms with Gasteiger partial charge in [0.05, 0.1) is 6.61 Å². The molecule has 0 saturated heterocycles. The van der Waals surface area contributed by atoms with Crippen molar-refractivity contribution in [3.63, 3.8) is 0 Å². The van der Waals surface area contributed by atoms with Crippen molar-refractivity contribution in [2.75, 3.05) is 13.2 Å². The normalized spacial score (nSPS) is 12.6. The van der Waals surface area contributed by atoms with E-state index < -0.39 is 11.5 Å². The number of hydrogen-bond donors (Lipinski definition) is 3. The monoisotopic (exact) mass is 665 g/mol. The van der Waals surface area contributed by atoms with Gasteiger partial charge in [0.15, 0.2) is 17.3 Å². The van der Waals surface area contributed by atoms with Crippen LogP contribution in [0.1, 0.15) is 219 Å². The molecule has 0 heterocycles. The molecular weight excluding hydrogens is 584 g/mol. The molecule has 0 spiro atoms. The molecule has 0 rings (SSSR count). The lowest BCUT2D eigenvalue weighted by Gasteiger charge is -2.26. The van der Waals surface area contributed by atoms with E-state index in [2.05, 4.69) is 18.8 Å². The zero-order valence-electron chi connectivity index (χ0n) is 31.4. The van der Waals surface area contributed by atoms with Crippen LogP contribution in [0.2, 0.25) is 0 Å². The van der Waals surface area contributed by atoms with Gasteiger partial charge in [-0.15, -0.1) is 0 Å². The topological polar surface area (TPSA) is 134 Å². The van der Waals surface area contributed by atoms with Gasteiger partial charge >= 0.3 is 5.97 Å². The van der Waals surface area contributed by atoms with Gasteiger partial charge in [0.2, 0.25) is 0 Å². The van der Waals surface area contributed by atoms with Crippen molar-refractivity contribution >= 4 is 17.7 Å². The molecule has 7 nitrogen and oxygen atoms in total. The number of guanidine groups is 1. The lowest BCUT2D eigenvalue weighted by Crippen LogP contribution is -2.56. The third-order valence-electron chi connectivity index (χ3n) is 9.62. The van der Waals surface area contributed by atoms with E-state index in [1.807, 2.05) is 0 Å². The Bertz CT molecular complexity index is 741. The summed E-state index contributed by atoms with van der Waals surface area (Å²) >= 11 is 0. The SMILES string of the molecule is CCCCCCCCCCCCCCCCCCOC(=O)[C@@](N)(CCCN=C(N)N)C(=O)CCCCCCCCCCCCCCC. The molecule has 0 aliphatic heterocycles. The molecule has 0 aromatic rings. The maximum atomic E-state index is 13.2. The van der Waals surface area contributed by atoms with Gasteiger partial charge in [0, 0.05) is 13.0 Å². The Morgan fingerprint density at radius 2 is 0.851 bits per heavy atom. The highest BCUT2D eigenvalue weighted by Gasteiger charge is 2.42. The minimum absolute atomic E-state index is 0.00278. The van der Waals surface area contributed by atoms with Gasteiger partial charge in [-0.05, 0) is 25.7 Å². The number of nitrogens with two attached hydrogens (primary N) is 3. The average molecular weight is 665 g/mol. The predicted octanol–water partition coefficient (Wildman–Crippen LogP) is 10.6. The summed E-state index contributed by atoms with van der Waals surface area (Å²) in [6, 6.07) is 0. The largest absolute Gasteiger partial charge is 0.464 e. The van der Waals surface area contributed by atoms with Crippen LogP contribution in [0.3, 0.4) is 0 Å². The highest BCUT2D eigenvalue weighted by atomic mass is 16.5. The summed E-state index contributed by atoms with van der Waals surface area (Å²) in [7, 11) is 0. The van der Waals surface area contributed by atoms with Crippen LogP contribution in [-0.2, 0) is 14.3 Å². The van der Waals surface area contributed by atoms with Gasteiger partial charge in [-0.3, -0.25) is 9.79 Å². The fraction of sp³-hybridized carbons (Fsp3) is 0.925. The number of esters is 1. The molecule has 0 aliphatic rings. The fourth-order valence-corrected chi connectivity index (χ4v) is 6.39. The highest BCUT2D eigenvalue weighted by Crippen LogP contribution is 2.20. The van der Waals surface area contributed by atoms with Gasteiger partial charge in [0.25, 0.3) is 0 Å². The number of nitrogens with zero attached hydrogens (tertiary/aromatic N) is 1. The lowest BCUT2D eigenvalue weighted by atomic mass is 9.86. The number of hydrogen-bond acceptors (Lipinski definition) is 5. The van der Waals surface area contributed by atoms with E-state index in [0.717, 1.165) is 38.5 Å². The molecule has 47 heavy (non-hydrogen) atoms. The summed E-state index contributed by atoms with van der Waals surface area (Å²) < 4.78 is 5.57. The summed E-state index contributed by atoms with van der Waals surface area (Å²) in [4.78, 5) is 30.3. The Balaban J connectivity index is 4.12. The van der Waals surface area contributed by atoms with Crippen LogP contribution in [0.15, 0.2) is 4.99 Å². The van der Waals surface area contributed by atoms with Crippen molar-refractivity contribution in [1.82, 2.24) is 0 Å². The standard InChI is InChI=1S/C40H80N4O3/c1-3-5-7-9-11-13-15-17-18-19-21-23-25-27-29-31-36-47-38(46)40(43,34-32-35-44-39(41)42)37(45)33-30-28-26-24-22-20-16-14-12-10-8-6-4-2/h3-36,43H2,1-2H3,(H4,41,42,44)/t40-/m1/s1. The summed E-state index contributed by atoms with van der Waals surface area (Å²) in [5, 5.41) is 0. The summed E-state index contributed by atoms with van der Waals surface area (Å²) in [6.07, 6.45) is 37.8. The maximum absolute atomic E-state index is 13.2. The van der Waals surface area contributed by atoms with Crippen LogP contribution >= 0.6 is 0 Å². The Labute approximate surface area is 291 Å². The Morgan fingerprint density at radius 3 is 1.21 bits per heavy atom. The number of carbonyl (C=O) groups excluding carboxylic acids is 2. The number of rotatable bonds is 37. The number of unbranched alkanes of at least 4 members (excludes halogenated alkanes) is 27. The van der Waals surface area contributed by atoms with E-state index in [9.17, 15) is 9.59 Å². The molecular formula is C40H80N4O3. The van der Waals surface area contributed by atoms with Gasteiger partial charge in [-0.25, -0.2) is 4.79 Å². The van der Waals surface area contributed by atoms with E-state index in [-0.39, 0.29) is 18.2 Å². The molecule has 0 bridgehead atoms. The number of aliphatic imine (C=N–C) groups is 1. The maximum Gasteiger partial charge on any atom is 0.333 e. The summed E-state index contributed by atoms with van der Waals surface area (Å²) in [5.74, 6) is -0.818. The molecule has 7 heteroatoms. The van der Waals surface area contributed by atoms with Gasteiger partial charge in [-0.1, -0.05) is 187 Å². The van der Waals surface area contributed by atoms with E-state index in [1.165, 1.54) is 148 Å². The van der Waals surface area contributed by atoms with Crippen molar-refractivity contribution in [3.05, 3.63) is 0 Å². The number of carbonyl (C=O) groups is 2. The summed E-state index contributed by atoms with van der Waals surface area (Å²) in [5.41, 5.74) is 15.7. The van der Waals surface area contributed by atoms with E-state index in [4.69, 9.17) is 21.9 Å². The minimum Gasteiger partial charge on any atom is -0.464 e. The first kappa shape index (κ1) is 45.4. The van der Waals surface area contributed by atoms with Crippen molar-refractivity contribution in [3.8, 4) is 0 Å². The van der Waals surface area contributed by atoms with Gasteiger partial charge < -0.3 is 21.9 Å². The van der Waals surface area contributed by atoms with E-state index >= 15 is 0 Å². The molecule has 0 fully saturated rings. The summed E-state index contributed by atoms with van der Waals surface area (Å²) in [6.45, 7) is 5.18. The van der Waals surface area contributed by atoms with Crippen LogP contribution in [0.25, 0.3) is 0 Å². The smallest absolute Gasteiger partial charge is 0.333 e. The molecule has 0 aliphatic carbocycles. The fourth-order valence-electron chi connectivity index (χ4n) is 6.39. The van der Waals surface area contributed by atoms with Crippen LogP contribution in [0.4, 0.5) is 0 Å². The quantitative estimate of drug-likeness (QED) is 0.0199. The third-order valence-corrected chi connectivity index (χ3v) is 9.62. The molecule has 1 atom stereocenters. The third kappa shape index (κ3) is 29.0. The van der Waals surface area contributed by atoms with E-state index in [0.29, 0.717) is 26.0 Å². The van der Waals surface area contributed by atoms with Crippen LogP contribution in [0, 0.1) is 0 Å². The lowest BCUT2D eigenvalue weighted by molar-refractivity contribution is -0.154. The Morgan fingerprint density at radius 1 is 0.511 bits per heavy atom. The Kier molecular flexibility index (Phi) is 33.1. The molecule has 6 N–H and O–H groups in total. The minimum atomic E-state index is -1.62. The zero-order valence-corrected chi connectivity index (χ0v) is 31.4. The first-order valence-electron chi connectivity index (χ1n) is 20.4. The molecule has 0 aromatic heterocycles. The van der Waals surface area contributed by atoms with Crippen molar-refractivity contribution in [2.45, 2.75) is 225 Å². The first-order valence-corrected chi connectivity index (χ1v) is 20.4. The second-order valence-corrected chi connectivity index (χ2v) is 14.2. The van der Waals surface area contributed by atoms with Crippen LogP contribution in [-0.4, -0.2) is 36.4 Å².